The molecule has 3 N–H and O–H groups in total. The lowest BCUT2D eigenvalue weighted by Crippen LogP contribution is -2.49. The smallest absolute Gasteiger partial charge is 0.237 e. The second kappa shape index (κ2) is 8.63. The average molecular weight is 284 g/mol. The van der Waals surface area contributed by atoms with Crippen LogP contribution in [0, 0.1) is 5.41 Å². The van der Waals surface area contributed by atoms with Gasteiger partial charge in [-0.25, -0.2) is 0 Å². The number of carbonyl (C=O) groups is 1. The zero-order valence-electron chi connectivity index (χ0n) is 13.4. The summed E-state index contributed by atoms with van der Waals surface area (Å²) in [7, 11) is 0. The highest BCUT2D eigenvalue weighted by Gasteiger charge is 2.27. The van der Waals surface area contributed by atoms with E-state index in [2.05, 4.69) is 24.5 Å². The molecule has 4 heteroatoms. The summed E-state index contributed by atoms with van der Waals surface area (Å²) in [5.74, 6) is 0.0935. The highest BCUT2D eigenvalue weighted by atomic mass is 16.3. The van der Waals surface area contributed by atoms with E-state index in [1.807, 2.05) is 6.92 Å². The second-order valence-corrected chi connectivity index (χ2v) is 6.31. The summed E-state index contributed by atoms with van der Waals surface area (Å²) >= 11 is 0. The van der Waals surface area contributed by atoms with E-state index < -0.39 is 0 Å². The molecular weight excluding hydrogens is 252 g/mol. The minimum Gasteiger partial charge on any atom is -0.396 e. The van der Waals surface area contributed by atoms with Crippen molar-refractivity contribution in [3.05, 3.63) is 0 Å². The molecule has 1 unspecified atom stereocenters. The summed E-state index contributed by atoms with van der Waals surface area (Å²) < 4.78 is 0. The molecular formula is C16H32N2O2. The molecule has 0 bridgehead atoms. The zero-order valence-corrected chi connectivity index (χ0v) is 13.4. The molecule has 118 valence electrons. The molecule has 20 heavy (non-hydrogen) atoms. The Bertz CT molecular complexity index is 276. The lowest BCUT2D eigenvalue weighted by atomic mass is 9.83. The molecule has 1 aliphatic rings. The average Bonchev–Trinajstić information content (AvgIpc) is 2.50. The molecule has 0 saturated heterocycles. The molecule has 1 rings (SSSR count). The Labute approximate surface area is 123 Å². The lowest BCUT2D eigenvalue weighted by molar-refractivity contribution is -0.123. The molecule has 1 fully saturated rings. The van der Waals surface area contributed by atoms with Crippen LogP contribution in [0.1, 0.15) is 65.7 Å². The van der Waals surface area contributed by atoms with Gasteiger partial charge in [-0.2, -0.15) is 0 Å². The minimum atomic E-state index is -0.194. The van der Waals surface area contributed by atoms with Crippen LogP contribution < -0.4 is 10.6 Å². The summed E-state index contributed by atoms with van der Waals surface area (Å²) in [5, 5.41) is 16.0. The third-order valence-corrected chi connectivity index (χ3v) is 4.96. The van der Waals surface area contributed by atoms with Gasteiger partial charge in [0.25, 0.3) is 0 Å². The largest absolute Gasteiger partial charge is 0.396 e. The first-order valence-corrected chi connectivity index (χ1v) is 8.21. The number of aliphatic hydroxyl groups is 1. The van der Waals surface area contributed by atoms with Gasteiger partial charge in [0.1, 0.15) is 0 Å². The van der Waals surface area contributed by atoms with Crippen molar-refractivity contribution in [2.24, 2.45) is 5.41 Å². The standard InChI is InChI=1S/C16H32N2O2/c1-4-16(5-2,12-19)11-17-13(3)15(20)18-14-9-7-6-8-10-14/h13-14,17,19H,4-12H2,1-3H3,(H,18,20). The SMILES string of the molecule is CCC(CC)(CO)CNC(C)C(=O)NC1CCCCC1. The van der Waals surface area contributed by atoms with E-state index in [9.17, 15) is 9.90 Å². The van der Waals surface area contributed by atoms with Crippen LogP contribution in [-0.2, 0) is 4.79 Å². The Morgan fingerprint density at radius 1 is 1.25 bits per heavy atom. The molecule has 1 atom stereocenters. The van der Waals surface area contributed by atoms with E-state index in [0.29, 0.717) is 12.6 Å². The summed E-state index contributed by atoms with van der Waals surface area (Å²) in [6.07, 6.45) is 7.82. The van der Waals surface area contributed by atoms with Crippen LogP contribution in [0.5, 0.6) is 0 Å². The van der Waals surface area contributed by atoms with Crippen molar-refractivity contribution in [3.8, 4) is 0 Å². The van der Waals surface area contributed by atoms with Crippen LogP contribution >= 0.6 is 0 Å². The first kappa shape index (κ1) is 17.4. The normalized spacial score (nSPS) is 18.8. The van der Waals surface area contributed by atoms with Gasteiger partial charge in [0.15, 0.2) is 0 Å². The van der Waals surface area contributed by atoms with Gasteiger partial charge >= 0.3 is 0 Å². The number of aliphatic hydroxyl groups excluding tert-OH is 1. The van der Waals surface area contributed by atoms with Crippen LogP contribution in [0.25, 0.3) is 0 Å². The molecule has 4 nitrogen and oxygen atoms in total. The van der Waals surface area contributed by atoms with E-state index in [1.165, 1.54) is 19.3 Å². The summed E-state index contributed by atoms with van der Waals surface area (Å²) in [4.78, 5) is 12.2. The predicted octanol–water partition coefficient (Wildman–Crippen LogP) is 2.21. The maximum Gasteiger partial charge on any atom is 0.237 e. The topological polar surface area (TPSA) is 61.4 Å². The maximum atomic E-state index is 12.2. The second-order valence-electron chi connectivity index (χ2n) is 6.31. The highest BCUT2D eigenvalue weighted by Crippen LogP contribution is 2.24. The van der Waals surface area contributed by atoms with Gasteiger partial charge in [0.05, 0.1) is 6.04 Å². The van der Waals surface area contributed by atoms with Gasteiger partial charge in [-0.1, -0.05) is 33.1 Å². The van der Waals surface area contributed by atoms with Crippen molar-refractivity contribution in [1.29, 1.82) is 0 Å². The molecule has 1 saturated carbocycles. The van der Waals surface area contributed by atoms with Crippen molar-refractivity contribution in [1.82, 2.24) is 10.6 Å². The highest BCUT2D eigenvalue weighted by molar-refractivity contribution is 5.81. The van der Waals surface area contributed by atoms with Crippen molar-refractivity contribution in [2.45, 2.75) is 77.8 Å². The number of carbonyl (C=O) groups excluding carboxylic acids is 1. The fraction of sp³-hybridized carbons (Fsp3) is 0.938. The molecule has 1 aliphatic carbocycles. The van der Waals surface area contributed by atoms with E-state index in [1.54, 1.807) is 0 Å². The predicted molar refractivity (Wildman–Crippen MR) is 82.6 cm³/mol. The molecule has 0 spiro atoms. The first-order chi connectivity index (χ1) is 9.56. The van der Waals surface area contributed by atoms with Crippen LogP contribution in [0.4, 0.5) is 0 Å². The molecule has 0 heterocycles. The molecule has 1 amide bonds. The lowest BCUT2D eigenvalue weighted by Gasteiger charge is -2.31. The summed E-state index contributed by atoms with van der Waals surface area (Å²) in [6.45, 7) is 6.95. The van der Waals surface area contributed by atoms with Gasteiger partial charge < -0.3 is 15.7 Å². The van der Waals surface area contributed by atoms with Crippen LogP contribution in [0.15, 0.2) is 0 Å². The van der Waals surface area contributed by atoms with Crippen molar-refractivity contribution < 1.29 is 9.90 Å². The molecule has 0 aromatic carbocycles. The Hall–Kier alpha value is -0.610. The monoisotopic (exact) mass is 284 g/mol. The Balaban J connectivity index is 2.37. The van der Waals surface area contributed by atoms with E-state index in [-0.39, 0.29) is 24.0 Å². The number of hydrogen-bond acceptors (Lipinski definition) is 3. The van der Waals surface area contributed by atoms with Gasteiger partial charge in [0.2, 0.25) is 5.91 Å². The number of amides is 1. The fourth-order valence-electron chi connectivity index (χ4n) is 2.81. The van der Waals surface area contributed by atoms with Gasteiger partial charge in [0, 0.05) is 24.6 Å². The minimum absolute atomic E-state index is 0.0935. The van der Waals surface area contributed by atoms with Crippen molar-refractivity contribution in [2.75, 3.05) is 13.2 Å². The molecule has 0 aliphatic heterocycles. The Kier molecular flexibility index (Phi) is 7.52. The molecule has 0 radical (unpaired) electrons. The van der Waals surface area contributed by atoms with Gasteiger partial charge in [-0.05, 0) is 32.6 Å². The maximum absolute atomic E-state index is 12.2. The van der Waals surface area contributed by atoms with Gasteiger partial charge in [-0.3, -0.25) is 4.79 Å². The quantitative estimate of drug-likeness (QED) is 0.640. The van der Waals surface area contributed by atoms with Crippen LogP contribution in [-0.4, -0.2) is 36.2 Å². The van der Waals surface area contributed by atoms with E-state index in [0.717, 1.165) is 25.7 Å². The van der Waals surface area contributed by atoms with E-state index in [4.69, 9.17) is 0 Å². The summed E-state index contributed by atoms with van der Waals surface area (Å²) in [6, 6.07) is 0.168. The first-order valence-electron chi connectivity index (χ1n) is 8.21. The van der Waals surface area contributed by atoms with Crippen molar-refractivity contribution >= 4 is 5.91 Å². The Morgan fingerprint density at radius 3 is 2.35 bits per heavy atom. The third kappa shape index (κ3) is 5.06. The number of hydrogen-bond donors (Lipinski definition) is 3. The fourth-order valence-corrected chi connectivity index (χ4v) is 2.81. The molecule has 0 aromatic heterocycles. The number of rotatable bonds is 8. The molecule has 0 aromatic rings. The third-order valence-electron chi connectivity index (χ3n) is 4.96. The van der Waals surface area contributed by atoms with Crippen LogP contribution in [0.2, 0.25) is 0 Å². The van der Waals surface area contributed by atoms with Gasteiger partial charge in [-0.15, -0.1) is 0 Å². The number of nitrogens with one attached hydrogen (secondary N) is 2. The van der Waals surface area contributed by atoms with Crippen molar-refractivity contribution in [3.63, 3.8) is 0 Å². The van der Waals surface area contributed by atoms with E-state index >= 15 is 0 Å². The Morgan fingerprint density at radius 2 is 1.85 bits per heavy atom. The summed E-state index contributed by atoms with van der Waals surface area (Å²) in [5.41, 5.74) is -0.0978. The van der Waals surface area contributed by atoms with Crippen LogP contribution in [0.3, 0.4) is 0 Å². The zero-order chi connectivity index (χ0) is 15.0.